The Bertz CT molecular complexity index is 925. The van der Waals surface area contributed by atoms with Gasteiger partial charge in [0.2, 0.25) is 17.0 Å². The van der Waals surface area contributed by atoms with E-state index in [1.165, 1.54) is 0 Å². The van der Waals surface area contributed by atoms with Gasteiger partial charge < -0.3 is 20.5 Å². The predicted octanol–water partition coefficient (Wildman–Crippen LogP) is 3.35. The van der Waals surface area contributed by atoms with E-state index in [9.17, 15) is 4.79 Å². The molecule has 2 aromatic rings. The van der Waals surface area contributed by atoms with Crippen LogP contribution in [0.4, 0.5) is 5.95 Å². The Labute approximate surface area is 174 Å². The number of benzene rings is 1. The lowest BCUT2D eigenvalue weighted by Gasteiger charge is -2.28. The molecule has 1 unspecified atom stereocenters. The van der Waals surface area contributed by atoms with E-state index in [0.29, 0.717) is 47.1 Å². The lowest BCUT2D eigenvalue weighted by Crippen LogP contribution is -2.31. The number of hydrogen-bond acceptors (Lipinski definition) is 7. The normalized spacial score (nSPS) is 15.7. The topological polar surface area (TPSA) is 104 Å². The number of carbonyl (C=O) groups excluding carboxylic acids is 1. The van der Waals surface area contributed by atoms with Crippen LogP contribution in [0.2, 0.25) is 0 Å². The number of nitrogens with two attached hydrogens (primary N) is 1. The predicted molar refractivity (Wildman–Crippen MR) is 113 cm³/mol. The Hall–Kier alpha value is -2.68. The van der Waals surface area contributed by atoms with E-state index in [1.54, 1.807) is 16.4 Å². The van der Waals surface area contributed by atoms with Crippen molar-refractivity contribution in [3.05, 3.63) is 35.0 Å². The monoisotopic (exact) mass is 417 g/mol. The van der Waals surface area contributed by atoms with Gasteiger partial charge in [0.25, 0.3) is 0 Å². The highest BCUT2D eigenvalue weighted by Crippen LogP contribution is 2.39. The number of amides is 1. The van der Waals surface area contributed by atoms with Gasteiger partial charge in [-0.05, 0) is 44.9 Å². The molecule has 0 saturated heterocycles. The molecule has 0 radical (unpaired) electrons. The number of allylic oxidation sites excluding steroid dienone is 1. The number of aromatic nitrogens is 3. The van der Waals surface area contributed by atoms with Gasteiger partial charge in [0.05, 0.1) is 18.8 Å². The summed E-state index contributed by atoms with van der Waals surface area (Å²) >= 11 is 1.58. The van der Waals surface area contributed by atoms with E-state index in [4.69, 9.17) is 15.2 Å². The molecule has 3 N–H and O–H groups in total. The minimum Gasteiger partial charge on any atom is -0.490 e. The second kappa shape index (κ2) is 9.21. The van der Waals surface area contributed by atoms with Gasteiger partial charge in [0.15, 0.2) is 11.5 Å². The van der Waals surface area contributed by atoms with Crippen molar-refractivity contribution in [1.82, 2.24) is 14.8 Å². The first-order valence-electron chi connectivity index (χ1n) is 9.76. The molecule has 1 atom stereocenters. The Morgan fingerprint density at radius 2 is 1.97 bits per heavy atom. The summed E-state index contributed by atoms with van der Waals surface area (Å²) in [6.07, 6.45) is 1.02. The summed E-state index contributed by atoms with van der Waals surface area (Å²) in [6, 6.07) is 5.14. The Morgan fingerprint density at radius 3 is 2.62 bits per heavy atom. The van der Waals surface area contributed by atoms with E-state index in [0.717, 1.165) is 17.7 Å². The molecule has 1 amide bonds. The number of nitrogens with zero attached hydrogens (tertiary/aromatic N) is 3. The summed E-state index contributed by atoms with van der Waals surface area (Å²) in [5.74, 6) is 2.28. The quantitative estimate of drug-likeness (QED) is 0.603. The number of nitrogens with one attached hydrogen (secondary N) is 1. The van der Waals surface area contributed by atoms with Gasteiger partial charge in [-0.15, -0.1) is 5.10 Å². The number of carbonyl (C=O) groups is 1. The van der Waals surface area contributed by atoms with Crippen LogP contribution in [0, 0.1) is 0 Å². The van der Waals surface area contributed by atoms with Crippen molar-refractivity contribution in [2.75, 3.05) is 24.3 Å². The minimum absolute atomic E-state index is 0.445. The molecule has 0 bridgehead atoms. The van der Waals surface area contributed by atoms with Crippen LogP contribution in [0.3, 0.4) is 0 Å². The van der Waals surface area contributed by atoms with Crippen LogP contribution in [-0.2, 0) is 4.79 Å². The van der Waals surface area contributed by atoms with Gasteiger partial charge >= 0.3 is 0 Å². The van der Waals surface area contributed by atoms with Gasteiger partial charge in [-0.1, -0.05) is 24.8 Å². The first kappa shape index (κ1) is 21.0. The third-order valence-electron chi connectivity index (χ3n) is 4.42. The van der Waals surface area contributed by atoms with E-state index < -0.39 is 11.9 Å². The molecule has 1 aromatic carbocycles. The second-order valence-electron chi connectivity index (χ2n) is 6.51. The molecule has 1 aromatic heterocycles. The van der Waals surface area contributed by atoms with Crippen LogP contribution in [0.15, 0.2) is 34.6 Å². The van der Waals surface area contributed by atoms with E-state index in [2.05, 4.69) is 22.3 Å². The summed E-state index contributed by atoms with van der Waals surface area (Å²) in [4.78, 5) is 16.9. The van der Waals surface area contributed by atoms with E-state index in [-0.39, 0.29) is 0 Å². The lowest BCUT2D eigenvalue weighted by molar-refractivity contribution is -0.115. The summed E-state index contributed by atoms with van der Waals surface area (Å²) in [6.45, 7) is 8.80. The third-order valence-corrected chi connectivity index (χ3v) is 5.46. The Kier molecular flexibility index (Phi) is 6.68. The van der Waals surface area contributed by atoms with Gasteiger partial charge in [-0.3, -0.25) is 4.79 Å². The number of ether oxygens (including phenoxy) is 2. The molecule has 1 aliphatic rings. The zero-order chi connectivity index (χ0) is 21.0. The molecule has 0 fully saturated rings. The Balaban J connectivity index is 2.11. The fourth-order valence-electron chi connectivity index (χ4n) is 3.25. The van der Waals surface area contributed by atoms with Crippen LogP contribution >= 0.6 is 11.8 Å². The van der Waals surface area contributed by atoms with Gasteiger partial charge in [-0.2, -0.15) is 4.98 Å². The van der Waals surface area contributed by atoms with Crippen LogP contribution < -0.4 is 20.5 Å². The highest BCUT2D eigenvalue weighted by atomic mass is 32.2. The number of primary amides is 1. The number of anilines is 1. The van der Waals surface area contributed by atoms with Crippen LogP contribution in [0.25, 0.3) is 0 Å². The summed E-state index contributed by atoms with van der Waals surface area (Å²) in [5, 5.41) is 8.46. The van der Waals surface area contributed by atoms with Crippen molar-refractivity contribution in [3.63, 3.8) is 0 Å². The molecule has 3 rings (SSSR count). The fourth-order valence-corrected chi connectivity index (χ4v) is 3.93. The van der Waals surface area contributed by atoms with Gasteiger partial charge in [0.1, 0.15) is 6.04 Å². The highest BCUT2D eigenvalue weighted by molar-refractivity contribution is 7.99. The summed E-state index contributed by atoms with van der Waals surface area (Å²) in [7, 11) is 0. The van der Waals surface area contributed by atoms with Crippen molar-refractivity contribution in [1.29, 1.82) is 0 Å². The zero-order valence-electron chi connectivity index (χ0n) is 17.2. The first-order chi connectivity index (χ1) is 14.0. The summed E-state index contributed by atoms with van der Waals surface area (Å²) < 4.78 is 13.2. The molecule has 1 aliphatic heterocycles. The molecule has 8 nitrogen and oxygen atoms in total. The van der Waals surface area contributed by atoms with Crippen LogP contribution in [0.1, 0.15) is 45.7 Å². The molecule has 0 aliphatic carbocycles. The molecule has 2 heterocycles. The molecule has 0 spiro atoms. The number of rotatable bonds is 9. The Morgan fingerprint density at radius 1 is 1.24 bits per heavy atom. The van der Waals surface area contributed by atoms with E-state index >= 15 is 0 Å². The zero-order valence-corrected chi connectivity index (χ0v) is 18.0. The molecule has 156 valence electrons. The second-order valence-corrected chi connectivity index (χ2v) is 7.58. The maximum atomic E-state index is 12.3. The number of fused-ring (bicyclic) bond motifs is 1. The minimum atomic E-state index is -0.504. The molecule has 9 heteroatoms. The third kappa shape index (κ3) is 4.34. The largest absolute Gasteiger partial charge is 0.490 e. The maximum Gasteiger partial charge on any atom is 0.248 e. The van der Waals surface area contributed by atoms with Crippen molar-refractivity contribution >= 4 is 23.6 Å². The molecular formula is C20H27N5O3S. The lowest BCUT2D eigenvalue weighted by atomic mass is 9.95. The van der Waals surface area contributed by atoms with Crippen LogP contribution in [0.5, 0.6) is 11.5 Å². The number of thioether (sulfide) groups is 1. The van der Waals surface area contributed by atoms with Crippen molar-refractivity contribution in [3.8, 4) is 11.5 Å². The SMILES string of the molecule is CCCSc1nc2n(n1)C(c1ccc(OCC)c(OCC)c1)C(C(N)=O)=C(C)N2. The molecule has 29 heavy (non-hydrogen) atoms. The van der Waals surface area contributed by atoms with Crippen LogP contribution in [-0.4, -0.2) is 39.6 Å². The van der Waals surface area contributed by atoms with Crippen molar-refractivity contribution in [2.45, 2.75) is 45.3 Å². The average Bonchev–Trinajstić information content (AvgIpc) is 3.09. The van der Waals surface area contributed by atoms with Gasteiger partial charge in [0, 0.05) is 11.4 Å². The average molecular weight is 418 g/mol. The summed E-state index contributed by atoms with van der Waals surface area (Å²) in [5.41, 5.74) is 7.68. The number of hydrogen-bond donors (Lipinski definition) is 2. The highest BCUT2D eigenvalue weighted by Gasteiger charge is 2.33. The van der Waals surface area contributed by atoms with Crippen molar-refractivity contribution < 1.29 is 14.3 Å². The van der Waals surface area contributed by atoms with Crippen molar-refractivity contribution in [2.24, 2.45) is 5.73 Å². The molecule has 0 saturated carbocycles. The fraction of sp³-hybridized carbons (Fsp3) is 0.450. The van der Waals surface area contributed by atoms with Gasteiger partial charge in [-0.25, -0.2) is 4.68 Å². The van der Waals surface area contributed by atoms with E-state index in [1.807, 2.05) is 39.0 Å². The first-order valence-corrected chi connectivity index (χ1v) is 10.7. The smallest absolute Gasteiger partial charge is 0.248 e. The standard InChI is InChI=1S/C20H27N5O3S/c1-5-10-29-20-23-19-22-12(4)16(18(21)26)17(25(19)24-20)13-8-9-14(27-6-2)15(11-13)28-7-3/h8-9,11,17H,5-7,10H2,1-4H3,(H2,21,26)(H,22,23,24). The maximum absolute atomic E-state index is 12.3. The molecular weight excluding hydrogens is 390 g/mol.